The van der Waals surface area contributed by atoms with Crippen LogP contribution in [0.3, 0.4) is 0 Å². The van der Waals surface area contributed by atoms with E-state index in [9.17, 15) is 4.79 Å². The highest BCUT2D eigenvalue weighted by atomic mass is 16.5. The van der Waals surface area contributed by atoms with Crippen LogP contribution in [0.2, 0.25) is 0 Å². The number of aromatic nitrogens is 1. The highest BCUT2D eigenvalue weighted by Gasteiger charge is 2.16. The quantitative estimate of drug-likeness (QED) is 0.353. The van der Waals surface area contributed by atoms with E-state index in [4.69, 9.17) is 4.74 Å². The van der Waals surface area contributed by atoms with Crippen LogP contribution >= 0.6 is 0 Å². The molecule has 146 valence electrons. The van der Waals surface area contributed by atoms with E-state index in [1.165, 1.54) is 5.56 Å². The van der Waals surface area contributed by atoms with Gasteiger partial charge in [0.15, 0.2) is 6.29 Å². The van der Waals surface area contributed by atoms with Crippen molar-refractivity contribution < 1.29 is 9.53 Å². The lowest BCUT2D eigenvalue weighted by atomic mass is 10.00. The third-order valence-corrected chi connectivity index (χ3v) is 5.18. The molecule has 0 saturated carbocycles. The maximum Gasteiger partial charge on any atom is 0.167 e. The Bertz CT molecular complexity index is 1140. The van der Waals surface area contributed by atoms with Crippen LogP contribution in [-0.4, -0.2) is 10.7 Å². The second-order valence-corrected chi connectivity index (χ2v) is 7.42. The number of fused-ring (bicyclic) bond motifs is 1. The number of ether oxygens (including phenoxy) is 1. The molecule has 0 atom stereocenters. The van der Waals surface area contributed by atoms with E-state index in [1.807, 2.05) is 47.9 Å². The molecule has 2 aromatic carbocycles. The van der Waals surface area contributed by atoms with Crippen molar-refractivity contribution in [1.29, 1.82) is 0 Å². The second-order valence-electron chi connectivity index (χ2n) is 7.42. The maximum absolute atomic E-state index is 12.0. The summed E-state index contributed by atoms with van der Waals surface area (Å²) in [6, 6.07) is 22.6. The minimum Gasteiger partial charge on any atom is -0.488 e. The normalized spacial score (nSPS) is 11.0. The topological polar surface area (TPSA) is 30.7 Å². The molecule has 0 fully saturated rings. The first kappa shape index (κ1) is 19.0. The molecule has 0 aliphatic carbocycles. The van der Waals surface area contributed by atoms with Crippen LogP contribution in [0.1, 0.15) is 40.5 Å². The number of aryl methyl sites for hydroxylation is 2. The number of hydrogen-bond donors (Lipinski definition) is 0. The van der Waals surface area contributed by atoms with Crippen molar-refractivity contribution >= 4 is 11.8 Å². The maximum atomic E-state index is 12.0. The van der Waals surface area contributed by atoms with Gasteiger partial charge in [-0.3, -0.25) is 4.79 Å². The smallest absolute Gasteiger partial charge is 0.167 e. The molecule has 0 aliphatic heterocycles. The number of benzene rings is 2. The molecular weight excluding hydrogens is 358 g/mol. The molecule has 0 bridgehead atoms. The van der Waals surface area contributed by atoms with Crippen LogP contribution < -0.4 is 4.74 Å². The van der Waals surface area contributed by atoms with Gasteiger partial charge in [-0.1, -0.05) is 55.8 Å². The lowest BCUT2D eigenvalue weighted by molar-refractivity contribution is 0.111. The predicted molar refractivity (Wildman–Crippen MR) is 118 cm³/mol. The van der Waals surface area contributed by atoms with Gasteiger partial charge in [0.2, 0.25) is 0 Å². The molecule has 0 saturated heterocycles. The molecule has 0 unspecified atom stereocenters. The van der Waals surface area contributed by atoms with Gasteiger partial charge in [0.25, 0.3) is 0 Å². The summed E-state index contributed by atoms with van der Waals surface area (Å²) in [5.41, 5.74) is 7.01. The summed E-state index contributed by atoms with van der Waals surface area (Å²) in [5, 5.41) is 0. The molecule has 4 aromatic rings. The Labute approximate surface area is 171 Å². The lowest BCUT2D eigenvalue weighted by Crippen LogP contribution is -1.99. The Hall–Kier alpha value is -3.33. The van der Waals surface area contributed by atoms with Crippen LogP contribution in [-0.2, 0) is 13.0 Å². The largest absolute Gasteiger partial charge is 0.488 e. The van der Waals surface area contributed by atoms with Gasteiger partial charge >= 0.3 is 0 Å². The summed E-state index contributed by atoms with van der Waals surface area (Å²) in [4.78, 5) is 12.0. The van der Waals surface area contributed by atoms with E-state index >= 15 is 0 Å². The van der Waals surface area contributed by atoms with Crippen molar-refractivity contribution in [3.8, 4) is 16.9 Å². The molecular formula is C26H25NO2. The minimum absolute atomic E-state index is 0.490. The monoisotopic (exact) mass is 383 g/mol. The Morgan fingerprint density at radius 1 is 0.931 bits per heavy atom. The average Bonchev–Trinajstić information content (AvgIpc) is 3.11. The van der Waals surface area contributed by atoms with Crippen molar-refractivity contribution in [3.05, 3.63) is 95.3 Å². The molecule has 0 amide bonds. The van der Waals surface area contributed by atoms with Crippen LogP contribution in [0.15, 0.2) is 72.9 Å². The first-order valence-corrected chi connectivity index (χ1v) is 10.1. The van der Waals surface area contributed by atoms with Gasteiger partial charge in [-0.2, -0.15) is 0 Å². The summed E-state index contributed by atoms with van der Waals surface area (Å²) in [6.45, 7) is 4.69. The zero-order valence-corrected chi connectivity index (χ0v) is 16.9. The third-order valence-electron chi connectivity index (χ3n) is 5.18. The molecule has 0 radical (unpaired) electrons. The van der Waals surface area contributed by atoms with Gasteiger partial charge in [-0.05, 0) is 54.3 Å². The molecule has 3 nitrogen and oxygen atoms in total. The molecule has 2 heterocycles. The van der Waals surface area contributed by atoms with Crippen molar-refractivity contribution in [3.63, 3.8) is 0 Å². The van der Waals surface area contributed by atoms with Crippen molar-refractivity contribution in [2.45, 2.75) is 33.3 Å². The lowest BCUT2D eigenvalue weighted by Gasteiger charge is -2.13. The fraction of sp³-hybridized carbons (Fsp3) is 0.192. The Kier molecular flexibility index (Phi) is 5.48. The van der Waals surface area contributed by atoms with Crippen LogP contribution in [0.25, 0.3) is 16.6 Å². The number of aldehydes is 1. The second kappa shape index (κ2) is 8.36. The van der Waals surface area contributed by atoms with E-state index in [0.29, 0.717) is 12.3 Å². The third kappa shape index (κ3) is 3.95. The van der Waals surface area contributed by atoms with Crippen molar-refractivity contribution in [1.82, 2.24) is 4.40 Å². The van der Waals surface area contributed by atoms with Gasteiger partial charge in [-0.15, -0.1) is 0 Å². The SMILES string of the molecule is CCCc1ccc(OCc2ccccc2)c(-c2cc3ccc(C)cn3c2C=O)c1. The first-order chi connectivity index (χ1) is 14.2. The molecule has 4 rings (SSSR count). The molecule has 0 spiro atoms. The number of pyridine rings is 1. The standard InChI is InChI=1S/C26H25NO2/c1-3-7-20-11-13-26(29-18-21-8-5-4-6-9-21)24(14-20)23-15-22-12-10-19(2)16-27(22)25(23)17-28/h4-6,8-17H,3,7,18H2,1-2H3. The van der Waals surface area contributed by atoms with Gasteiger partial charge in [-0.25, -0.2) is 0 Å². The summed E-state index contributed by atoms with van der Waals surface area (Å²) >= 11 is 0. The highest BCUT2D eigenvalue weighted by Crippen LogP contribution is 2.36. The zero-order chi connectivity index (χ0) is 20.2. The molecule has 3 heteroatoms. The van der Waals surface area contributed by atoms with Crippen LogP contribution in [0.4, 0.5) is 0 Å². The summed E-state index contributed by atoms with van der Waals surface area (Å²) in [7, 11) is 0. The van der Waals surface area contributed by atoms with Gasteiger partial charge in [0.05, 0.1) is 5.69 Å². The minimum atomic E-state index is 0.490. The van der Waals surface area contributed by atoms with Gasteiger partial charge in [0.1, 0.15) is 12.4 Å². The number of carbonyl (C=O) groups is 1. The van der Waals surface area contributed by atoms with E-state index in [-0.39, 0.29) is 0 Å². The number of carbonyl (C=O) groups excluding carboxylic acids is 1. The average molecular weight is 383 g/mol. The van der Waals surface area contributed by atoms with E-state index in [2.05, 4.69) is 43.3 Å². The van der Waals surface area contributed by atoms with Crippen LogP contribution in [0, 0.1) is 6.92 Å². The van der Waals surface area contributed by atoms with Gasteiger partial charge < -0.3 is 9.14 Å². The molecule has 29 heavy (non-hydrogen) atoms. The van der Waals surface area contributed by atoms with E-state index in [0.717, 1.165) is 52.6 Å². The van der Waals surface area contributed by atoms with E-state index < -0.39 is 0 Å². The zero-order valence-electron chi connectivity index (χ0n) is 16.9. The number of hydrogen-bond acceptors (Lipinski definition) is 2. The fourth-order valence-corrected chi connectivity index (χ4v) is 3.73. The Balaban J connectivity index is 1.81. The Morgan fingerprint density at radius 3 is 2.52 bits per heavy atom. The summed E-state index contributed by atoms with van der Waals surface area (Å²) in [5.74, 6) is 0.796. The predicted octanol–water partition coefficient (Wildman–Crippen LogP) is 6.26. The summed E-state index contributed by atoms with van der Waals surface area (Å²) in [6.07, 6.45) is 5.01. The van der Waals surface area contributed by atoms with Crippen molar-refractivity contribution in [2.75, 3.05) is 0 Å². The van der Waals surface area contributed by atoms with Crippen LogP contribution in [0.5, 0.6) is 5.75 Å². The molecule has 0 aliphatic rings. The first-order valence-electron chi connectivity index (χ1n) is 10.1. The highest BCUT2D eigenvalue weighted by molar-refractivity contribution is 5.91. The number of rotatable bonds is 7. The van der Waals surface area contributed by atoms with Gasteiger partial charge in [0, 0.05) is 22.8 Å². The molecule has 2 aromatic heterocycles. The van der Waals surface area contributed by atoms with E-state index in [1.54, 1.807) is 0 Å². The Morgan fingerprint density at radius 2 is 1.76 bits per heavy atom. The summed E-state index contributed by atoms with van der Waals surface area (Å²) < 4.78 is 8.17. The molecule has 0 N–H and O–H groups in total. The fourth-order valence-electron chi connectivity index (χ4n) is 3.73. The van der Waals surface area contributed by atoms with Crippen molar-refractivity contribution in [2.24, 2.45) is 0 Å². The number of nitrogens with zero attached hydrogens (tertiary/aromatic N) is 1.